The molecule has 0 saturated heterocycles. The fourth-order valence-electron chi connectivity index (χ4n) is 1.33. The molecular weight excluding hydrogens is 244 g/mol. The van der Waals surface area contributed by atoms with Crippen molar-refractivity contribution in [2.45, 2.75) is 39.0 Å². The summed E-state index contributed by atoms with van der Waals surface area (Å²) in [5.41, 5.74) is 0.552. The van der Waals surface area contributed by atoms with Crippen molar-refractivity contribution in [2.75, 3.05) is 5.75 Å². The van der Waals surface area contributed by atoms with Crippen LogP contribution in [0.3, 0.4) is 0 Å². The van der Waals surface area contributed by atoms with E-state index in [0.29, 0.717) is 21.7 Å². The third kappa shape index (κ3) is 3.52. The fourth-order valence-corrected chi connectivity index (χ4v) is 2.20. The molecule has 1 rings (SSSR count). The van der Waals surface area contributed by atoms with Gasteiger partial charge in [-0.05, 0) is 11.7 Å². The molecule has 3 nitrogen and oxygen atoms in total. The summed E-state index contributed by atoms with van der Waals surface area (Å²) in [6, 6.07) is 0. The summed E-state index contributed by atoms with van der Waals surface area (Å²) in [6.45, 7) is 6.93. The summed E-state index contributed by atoms with van der Waals surface area (Å²) in [4.78, 5) is 12.0. The molecule has 0 bridgehead atoms. The van der Waals surface area contributed by atoms with Gasteiger partial charge in [-0.1, -0.05) is 32.4 Å². The number of hydrogen-bond donors (Lipinski definition) is 0. The normalized spacial score (nSPS) is 11.1. The Labute approximate surface area is 106 Å². The number of halogens is 1. The van der Waals surface area contributed by atoms with E-state index in [1.807, 2.05) is 6.92 Å². The second-order valence-corrected chi connectivity index (χ2v) is 5.82. The van der Waals surface area contributed by atoms with Crippen molar-refractivity contribution >= 4 is 29.1 Å². The molecule has 16 heavy (non-hydrogen) atoms. The summed E-state index contributed by atoms with van der Waals surface area (Å²) in [7, 11) is 0. The highest BCUT2D eigenvalue weighted by atomic mass is 35.5. The minimum absolute atomic E-state index is 0.0645. The zero-order valence-electron chi connectivity index (χ0n) is 9.86. The van der Waals surface area contributed by atoms with Crippen molar-refractivity contribution in [1.29, 1.82) is 0 Å². The summed E-state index contributed by atoms with van der Waals surface area (Å²) in [6.07, 6.45) is 2.49. The van der Waals surface area contributed by atoms with E-state index in [2.05, 4.69) is 18.9 Å². The van der Waals surface area contributed by atoms with Crippen LogP contribution in [0.5, 0.6) is 0 Å². The predicted molar refractivity (Wildman–Crippen MR) is 69.5 cm³/mol. The van der Waals surface area contributed by atoms with Crippen LogP contribution in [0.15, 0.2) is 6.20 Å². The second-order valence-electron chi connectivity index (χ2n) is 3.85. The van der Waals surface area contributed by atoms with E-state index in [4.69, 9.17) is 11.6 Å². The van der Waals surface area contributed by atoms with Gasteiger partial charge in [-0.3, -0.25) is 9.48 Å². The average Bonchev–Trinajstić information content (AvgIpc) is 2.57. The van der Waals surface area contributed by atoms with E-state index in [-0.39, 0.29) is 5.78 Å². The van der Waals surface area contributed by atoms with Gasteiger partial charge in [-0.2, -0.15) is 16.9 Å². The lowest BCUT2D eigenvalue weighted by Gasteiger charge is -2.07. The smallest absolute Gasteiger partial charge is 0.192 e. The van der Waals surface area contributed by atoms with Gasteiger partial charge in [0.2, 0.25) is 0 Å². The molecule has 90 valence electrons. The van der Waals surface area contributed by atoms with Gasteiger partial charge in [0.05, 0.1) is 17.0 Å². The molecule has 0 aliphatic heterocycles. The topological polar surface area (TPSA) is 34.9 Å². The van der Waals surface area contributed by atoms with Crippen LogP contribution in [0.1, 0.15) is 37.7 Å². The second kappa shape index (κ2) is 6.30. The molecule has 0 spiro atoms. The standard InChI is InChI=1S/C11H17ClN2OS/c1-4-5-14-11(9(12)6-13-14)10(15)7-16-8(2)3/h6,8H,4-5,7H2,1-3H3. The number of ketones is 1. The first-order valence-corrected chi connectivity index (χ1v) is 6.85. The van der Waals surface area contributed by atoms with Crippen molar-refractivity contribution in [3.8, 4) is 0 Å². The molecule has 0 aromatic carbocycles. The van der Waals surface area contributed by atoms with E-state index in [1.54, 1.807) is 22.6 Å². The number of rotatable bonds is 6. The summed E-state index contributed by atoms with van der Waals surface area (Å²) < 4.78 is 1.70. The van der Waals surface area contributed by atoms with Crippen LogP contribution in [-0.4, -0.2) is 26.6 Å². The van der Waals surface area contributed by atoms with Crippen LogP contribution < -0.4 is 0 Å². The molecule has 1 heterocycles. The minimum Gasteiger partial charge on any atom is -0.291 e. The molecule has 0 atom stereocenters. The third-order valence-corrected chi connectivity index (χ3v) is 3.41. The molecule has 0 unspecified atom stereocenters. The van der Waals surface area contributed by atoms with E-state index >= 15 is 0 Å². The highest BCUT2D eigenvalue weighted by molar-refractivity contribution is 8.00. The van der Waals surface area contributed by atoms with Crippen molar-refractivity contribution in [3.05, 3.63) is 16.9 Å². The highest BCUT2D eigenvalue weighted by Crippen LogP contribution is 2.19. The average molecular weight is 261 g/mol. The Morgan fingerprint density at radius 3 is 2.88 bits per heavy atom. The van der Waals surface area contributed by atoms with Crippen LogP contribution in [0.2, 0.25) is 5.02 Å². The SMILES string of the molecule is CCCn1ncc(Cl)c1C(=O)CSC(C)C. The molecule has 0 radical (unpaired) electrons. The number of carbonyl (C=O) groups is 1. The Kier molecular flexibility index (Phi) is 5.35. The molecule has 0 aliphatic carbocycles. The van der Waals surface area contributed by atoms with Crippen molar-refractivity contribution < 1.29 is 4.79 Å². The quantitative estimate of drug-likeness (QED) is 0.737. The van der Waals surface area contributed by atoms with E-state index in [1.165, 1.54) is 0 Å². The Bertz CT molecular complexity index is 363. The van der Waals surface area contributed by atoms with Gasteiger partial charge in [0, 0.05) is 6.54 Å². The van der Waals surface area contributed by atoms with Gasteiger partial charge < -0.3 is 0 Å². The monoisotopic (exact) mass is 260 g/mol. The first kappa shape index (κ1) is 13.6. The van der Waals surface area contributed by atoms with Gasteiger partial charge >= 0.3 is 0 Å². The summed E-state index contributed by atoms with van der Waals surface area (Å²) >= 11 is 7.60. The predicted octanol–water partition coefficient (Wildman–Crippen LogP) is 3.27. The van der Waals surface area contributed by atoms with Gasteiger partial charge in [0.1, 0.15) is 5.69 Å². The lowest BCUT2D eigenvalue weighted by molar-refractivity contribution is 0.101. The maximum atomic E-state index is 12.0. The summed E-state index contributed by atoms with van der Waals surface area (Å²) in [5, 5.41) is 5.02. The van der Waals surface area contributed by atoms with Gasteiger partial charge in [0.15, 0.2) is 5.78 Å². The van der Waals surface area contributed by atoms with E-state index in [9.17, 15) is 4.79 Å². The van der Waals surface area contributed by atoms with Crippen LogP contribution in [-0.2, 0) is 6.54 Å². The largest absolute Gasteiger partial charge is 0.291 e. The third-order valence-electron chi connectivity index (χ3n) is 2.04. The van der Waals surface area contributed by atoms with Crippen molar-refractivity contribution in [3.63, 3.8) is 0 Å². The number of aryl methyl sites for hydroxylation is 1. The Morgan fingerprint density at radius 1 is 1.62 bits per heavy atom. The number of carbonyl (C=O) groups excluding carboxylic acids is 1. The van der Waals surface area contributed by atoms with Crippen molar-refractivity contribution in [1.82, 2.24) is 9.78 Å². The van der Waals surface area contributed by atoms with Crippen molar-refractivity contribution in [2.24, 2.45) is 0 Å². The lowest BCUT2D eigenvalue weighted by atomic mass is 10.3. The maximum Gasteiger partial charge on any atom is 0.192 e. The van der Waals surface area contributed by atoms with Crippen LogP contribution in [0.4, 0.5) is 0 Å². The molecule has 0 N–H and O–H groups in total. The number of hydrogen-bond acceptors (Lipinski definition) is 3. The first-order valence-electron chi connectivity index (χ1n) is 5.42. The summed E-state index contributed by atoms with van der Waals surface area (Å²) in [5.74, 6) is 0.530. The zero-order valence-corrected chi connectivity index (χ0v) is 11.4. The van der Waals surface area contributed by atoms with E-state index in [0.717, 1.165) is 13.0 Å². The maximum absolute atomic E-state index is 12.0. The minimum atomic E-state index is 0.0645. The number of thioether (sulfide) groups is 1. The van der Waals surface area contributed by atoms with Gasteiger partial charge in [-0.15, -0.1) is 0 Å². The number of aromatic nitrogens is 2. The number of Topliss-reactive ketones (excluding diaryl/α,β-unsaturated/α-hetero) is 1. The van der Waals surface area contributed by atoms with Crippen LogP contribution in [0.25, 0.3) is 0 Å². The van der Waals surface area contributed by atoms with Crippen LogP contribution >= 0.6 is 23.4 Å². The first-order chi connectivity index (χ1) is 7.56. The molecule has 0 amide bonds. The Balaban J connectivity index is 2.76. The molecule has 0 saturated carbocycles. The molecule has 0 aliphatic rings. The van der Waals surface area contributed by atoms with E-state index < -0.39 is 0 Å². The van der Waals surface area contributed by atoms with Crippen LogP contribution in [0, 0.1) is 0 Å². The Morgan fingerprint density at radius 2 is 2.31 bits per heavy atom. The molecule has 0 fully saturated rings. The number of nitrogens with zero attached hydrogens (tertiary/aromatic N) is 2. The lowest BCUT2D eigenvalue weighted by Crippen LogP contribution is -2.13. The van der Waals surface area contributed by atoms with Gasteiger partial charge in [0.25, 0.3) is 0 Å². The van der Waals surface area contributed by atoms with Gasteiger partial charge in [-0.25, -0.2) is 0 Å². The fraction of sp³-hybridized carbons (Fsp3) is 0.636. The molecule has 1 aromatic rings. The molecule has 1 aromatic heterocycles. The Hall–Kier alpha value is -0.480. The molecule has 5 heteroatoms. The molecular formula is C11H17ClN2OS. The highest BCUT2D eigenvalue weighted by Gasteiger charge is 2.17. The zero-order chi connectivity index (χ0) is 12.1.